The molecule has 8 nitrogen and oxygen atoms in total. The Morgan fingerprint density at radius 2 is 2.06 bits per heavy atom. The maximum absolute atomic E-state index is 13.6. The average Bonchev–Trinajstić information content (AvgIpc) is 3.12. The van der Waals surface area contributed by atoms with Crippen LogP contribution in [0.25, 0.3) is 11.2 Å². The molecule has 3 aromatic rings. The molecule has 174 valence electrons. The van der Waals surface area contributed by atoms with E-state index in [2.05, 4.69) is 20.6 Å². The predicted molar refractivity (Wildman–Crippen MR) is 124 cm³/mol. The van der Waals surface area contributed by atoms with Gasteiger partial charge in [-0.15, -0.1) is 3.89 Å². The molecule has 0 spiro atoms. The first-order chi connectivity index (χ1) is 15.6. The van der Waals surface area contributed by atoms with Crippen molar-refractivity contribution in [2.24, 2.45) is 0 Å². The van der Waals surface area contributed by atoms with Crippen molar-refractivity contribution < 1.29 is 18.2 Å². The number of carbonyl (C=O) groups is 1. The minimum atomic E-state index is -1.14. The molecular formula is C22H24F2N6O2S. The second kappa shape index (κ2) is 8.38. The molecule has 2 heterocycles. The number of aliphatic hydroxyl groups is 1. The Hall–Kier alpha value is -3.05. The number of benzene rings is 1. The fourth-order valence-corrected chi connectivity index (χ4v) is 4.43. The Morgan fingerprint density at radius 1 is 1.33 bits per heavy atom. The van der Waals surface area contributed by atoms with Crippen molar-refractivity contribution in [3.8, 4) is 0 Å². The van der Waals surface area contributed by atoms with Gasteiger partial charge in [0.2, 0.25) is 0 Å². The van der Waals surface area contributed by atoms with Gasteiger partial charge in [0.15, 0.2) is 18.0 Å². The van der Waals surface area contributed by atoms with Gasteiger partial charge in [-0.3, -0.25) is 10.2 Å². The Kier molecular flexibility index (Phi) is 5.87. The Balaban J connectivity index is 1.76. The van der Waals surface area contributed by atoms with Crippen molar-refractivity contribution in [2.75, 3.05) is 12.4 Å². The summed E-state index contributed by atoms with van der Waals surface area (Å²) in [6.07, 6.45) is 4.73. The molecule has 1 aliphatic rings. The molecule has 0 radical (unpaired) electrons. The smallest absolute Gasteiger partial charge is 0.255 e. The fourth-order valence-electron chi connectivity index (χ4n) is 4.09. The Labute approximate surface area is 193 Å². The molecule has 0 atom stereocenters. The summed E-state index contributed by atoms with van der Waals surface area (Å²) in [6, 6.07) is 3.95. The minimum Gasteiger partial charge on any atom is -0.388 e. The van der Waals surface area contributed by atoms with Gasteiger partial charge < -0.3 is 15.7 Å². The maximum atomic E-state index is 13.6. The van der Waals surface area contributed by atoms with Crippen molar-refractivity contribution >= 4 is 40.8 Å². The van der Waals surface area contributed by atoms with E-state index in [0.717, 1.165) is 10.4 Å². The molecule has 0 saturated heterocycles. The number of halogens is 2. The van der Waals surface area contributed by atoms with Gasteiger partial charge in [-0.1, -0.05) is 0 Å². The molecule has 1 amide bonds. The van der Waals surface area contributed by atoms with E-state index in [4.69, 9.17) is 5.41 Å². The fraction of sp³-hybridized carbons (Fsp3) is 0.364. The van der Waals surface area contributed by atoms with Crippen LogP contribution in [0.3, 0.4) is 0 Å². The standard InChI is InChI=1S/C22H24F2N6O2S/c1-21(2,32)22(7-4-8-22)29-20(31)14-11-30(33-24)19-18(14)28-16(10-27-19)17(25)13-6-5-12(23)9-15(13)26-3/h5-6,9-11,25-26,32H,4,7-8H2,1-3H3,(H,29,31). The van der Waals surface area contributed by atoms with Crippen LogP contribution in [0, 0.1) is 11.2 Å². The van der Waals surface area contributed by atoms with Gasteiger partial charge in [-0.05, 0) is 51.3 Å². The first kappa shape index (κ1) is 23.1. The molecule has 0 aliphatic heterocycles. The van der Waals surface area contributed by atoms with E-state index in [9.17, 15) is 18.2 Å². The molecule has 1 aromatic carbocycles. The molecule has 1 saturated carbocycles. The molecule has 33 heavy (non-hydrogen) atoms. The highest BCUT2D eigenvalue weighted by atomic mass is 32.2. The van der Waals surface area contributed by atoms with Gasteiger partial charge >= 0.3 is 0 Å². The number of amides is 1. The van der Waals surface area contributed by atoms with Crippen LogP contribution in [0.1, 0.15) is 54.7 Å². The largest absolute Gasteiger partial charge is 0.388 e. The zero-order valence-electron chi connectivity index (χ0n) is 18.4. The van der Waals surface area contributed by atoms with Crippen molar-refractivity contribution in [3.63, 3.8) is 0 Å². The number of anilines is 1. The van der Waals surface area contributed by atoms with Crippen molar-refractivity contribution in [1.82, 2.24) is 19.3 Å². The van der Waals surface area contributed by atoms with Crippen LogP contribution in [0.5, 0.6) is 0 Å². The number of nitrogens with one attached hydrogen (secondary N) is 3. The van der Waals surface area contributed by atoms with Gasteiger partial charge in [0.05, 0.1) is 28.6 Å². The third-order valence-electron chi connectivity index (χ3n) is 6.29. The monoisotopic (exact) mass is 474 g/mol. The van der Waals surface area contributed by atoms with Crippen molar-refractivity contribution in [2.45, 2.75) is 44.2 Å². The Bertz CT molecular complexity index is 1250. The zero-order chi connectivity index (χ0) is 24.0. The summed E-state index contributed by atoms with van der Waals surface area (Å²) >= 11 is -0.122. The van der Waals surface area contributed by atoms with E-state index in [0.29, 0.717) is 24.1 Å². The number of aromatic nitrogens is 3. The Morgan fingerprint density at radius 3 is 2.64 bits per heavy atom. The molecule has 2 aromatic heterocycles. The quantitative estimate of drug-likeness (QED) is 0.387. The number of nitrogens with zero attached hydrogens (tertiary/aromatic N) is 3. The number of hydrogen-bond acceptors (Lipinski definition) is 7. The van der Waals surface area contributed by atoms with Crippen LogP contribution in [-0.4, -0.2) is 48.9 Å². The molecule has 0 unspecified atom stereocenters. The first-order valence-corrected chi connectivity index (χ1v) is 11.1. The maximum Gasteiger partial charge on any atom is 0.255 e. The number of hydrogen-bond donors (Lipinski definition) is 4. The van der Waals surface area contributed by atoms with Crippen LogP contribution in [0.2, 0.25) is 0 Å². The zero-order valence-corrected chi connectivity index (χ0v) is 19.2. The van der Waals surface area contributed by atoms with Crippen molar-refractivity contribution in [1.29, 1.82) is 5.41 Å². The summed E-state index contributed by atoms with van der Waals surface area (Å²) in [5.74, 6) is -0.963. The lowest BCUT2D eigenvalue weighted by atomic mass is 9.66. The second-order valence-corrected chi connectivity index (χ2v) is 9.16. The molecular weight excluding hydrogens is 450 g/mol. The summed E-state index contributed by atoms with van der Waals surface area (Å²) < 4.78 is 28.2. The highest BCUT2D eigenvalue weighted by Gasteiger charge is 2.50. The third-order valence-corrected chi connectivity index (χ3v) is 6.72. The van der Waals surface area contributed by atoms with Crippen LogP contribution in [0.15, 0.2) is 30.6 Å². The molecule has 4 rings (SSSR count). The molecule has 11 heteroatoms. The predicted octanol–water partition coefficient (Wildman–Crippen LogP) is 3.83. The summed E-state index contributed by atoms with van der Waals surface area (Å²) in [4.78, 5) is 21.9. The van der Waals surface area contributed by atoms with E-state index >= 15 is 0 Å². The number of carbonyl (C=O) groups excluding carboxylic acids is 1. The van der Waals surface area contributed by atoms with E-state index in [1.807, 2.05) is 0 Å². The lowest BCUT2D eigenvalue weighted by Crippen LogP contribution is -2.65. The van der Waals surface area contributed by atoms with Crippen LogP contribution in [0.4, 0.5) is 14.0 Å². The third kappa shape index (κ3) is 3.95. The average molecular weight is 475 g/mol. The topological polar surface area (TPSA) is 116 Å². The molecule has 1 aliphatic carbocycles. The summed E-state index contributed by atoms with van der Waals surface area (Å²) in [5.41, 5.74) is -0.687. The minimum absolute atomic E-state index is 0.0345. The van der Waals surface area contributed by atoms with Crippen LogP contribution in [-0.2, 0) is 0 Å². The van der Waals surface area contributed by atoms with Crippen LogP contribution < -0.4 is 10.6 Å². The number of fused-ring (bicyclic) bond motifs is 1. The number of rotatable bonds is 7. The summed E-state index contributed by atoms with van der Waals surface area (Å²) in [6.45, 7) is 3.29. The molecule has 4 N–H and O–H groups in total. The normalized spacial score (nSPS) is 15.2. The highest BCUT2D eigenvalue weighted by molar-refractivity contribution is 7.92. The van der Waals surface area contributed by atoms with Gasteiger partial charge in [-0.2, -0.15) is 0 Å². The molecule has 1 fully saturated rings. The molecule has 0 bridgehead atoms. The van der Waals surface area contributed by atoms with Crippen LogP contribution >= 0.6 is 12.3 Å². The van der Waals surface area contributed by atoms with E-state index in [1.54, 1.807) is 20.9 Å². The van der Waals surface area contributed by atoms with E-state index in [1.165, 1.54) is 30.6 Å². The second-order valence-electron chi connectivity index (χ2n) is 8.63. The van der Waals surface area contributed by atoms with Gasteiger partial charge in [-0.25, -0.2) is 18.3 Å². The van der Waals surface area contributed by atoms with E-state index < -0.39 is 22.9 Å². The lowest BCUT2D eigenvalue weighted by Gasteiger charge is -2.50. The SMILES string of the molecule is CNc1cc(F)ccc1C(=N)c1cnc2c(n1)c(C(=O)NC1(C(C)(C)O)CCC1)cn2SF. The summed E-state index contributed by atoms with van der Waals surface area (Å²) in [5, 5.41) is 24.9. The summed E-state index contributed by atoms with van der Waals surface area (Å²) in [7, 11) is 1.61. The van der Waals surface area contributed by atoms with Gasteiger partial charge in [0.1, 0.15) is 17.0 Å². The van der Waals surface area contributed by atoms with Crippen molar-refractivity contribution in [3.05, 3.63) is 53.2 Å². The van der Waals surface area contributed by atoms with E-state index in [-0.39, 0.29) is 40.5 Å². The van der Waals surface area contributed by atoms with Gasteiger partial charge in [0.25, 0.3) is 5.91 Å². The van der Waals surface area contributed by atoms with Gasteiger partial charge in [0, 0.05) is 24.5 Å². The highest BCUT2D eigenvalue weighted by Crippen LogP contribution is 2.41. The first-order valence-electron chi connectivity index (χ1n) is 10.4. The lowest BCUT2D eigenvalue weighted by molar-refractivity contribution is -0.0581.